The van der Waals surface area contributed by atoms with Crippen molar-refractivity contribution in [1.82, 2.24) is 10.2 Å². The summed E-state index contributed by atoms with van der Waals surface area (Å²) >= 11 is 0. The fraction of sp³-hybridized carbons (Fsp3) is 0.643. The molecule has 0 heterocycles. The highest BCUT2D eigenvalue weighted by molar-refractivity contribution is 5.83. The van der Waals surface area contributed by atoms with Gasteiger partial charge in [0.1, 0.15) is 6.04 Å². The van der Waals surface area contributed by atoms with Gasteiger partial charge in [0.15, 0.2) is 0 Å². The van der Waals surface area contributed by atoms with Crippen LogP contribution in [0.25, 0.3) is 0 Å². The first-order chi connectivity index (χ1) is 9.97. The van der Waals surface area contributed by atoms with Crippen molar-refractivity contribution in [2.24, 2.45) is 5.92 Å². The van der Waals surface area contributed by atoms with Gasteiger partial charge in [0.2, 0.25) is 0 Å². The number of hydrogen-bond donors (Lipinski definition) is 2. The lowest BCUT2D eigenvalue weighted by molar-refractivity contribution is -0.142. The van der Waals surface area contributed by atoms with E-state index in [9.17, 15) is 14.4 Å². The molecule has 7 nitrogen and oxygen atoms in total. The molecule has 116 valence electrons. The lowest BCUT2D eigenvalue weighted by atomic mass is 10.1. The third kappa shape index (κ3) is 6.17. The first-order valence-corrected chi connectivity index (χ1v) is 6.76. The molecule has 0 bridgehead atoms. The summed E-state index contributed by atoms with van der Waals surface area (Å²) in [5.74, 6) is 1.12. The normalized spacial score (nSPS) is 14.7. The number of nitrogens with zero attached hydrogens (tertiary/aromatic N) is 1. The average molecular weight is 296 g/mol. The van der Waals surface area contributed by atoms with Gasteiger partial charge >= 0.3 is 18.0 Å². The zero-order valence-corrected chi connectivity index (χ0v) is 12.0. The van der Waals surface area contributed by atoms with E-state index in [2.05, 4.69) is 16.0 Å². The monoisotopic (exact) mass is 296 g/mol. The van der Waals surface area contributed by atoms with E-state index in [4.69, 9.17) is 11.5 Å². The Morgan fingerprint density at radius 2 is 2.14 bits per heavy atom. The predicted molar refractivity (Wildman–Crippen MR) is 74.3 cm³/mol. The molecular weight excluding hydrogens is 276 g/mol. The first-order valence-electron chi connectivity index (χ1n) is 6.76. The van der Waals surface area contributed by atoms with E-state index < -0.39 is 24.0 Å². The molecule has 0 saturated heterocycles. The molecule has 1 rings (SSSR count). The SMILES string of the molecule is C#CCN(CC1CC1)C(=O)N[C@H](CCC(=O)OC)C(=O)O. The summed E-state index contributed by atoms with van der Waals surface area (Å²) in [7, 11) is 1.22. The largest absolute Gasteiger partial charge is 0.480 e. The number of carbonyl (C=O) groups excluding carboxylic acids is 2. The Hall–Kier alpha value is -2.23. The Morgan fingerprint density at radius 3 is 2.62 bits per heavy atom. The van der Waals surface area contributed by atoms with E-state index in [0.717, 1.165) is 12.8 Å². The van der Waals surface area contributed by atoms with Crippen LogP contribution in [0.5, 0.6) is 0 Å². The highest BCUT2D eigenvalue weighted by Gasteiger charge is 2.28. The number of methoxy groups -OCH3 is 1. The molecule has 2 amide bonds. The Balaban J connectivity index is 2.54. The topological polar surface area (TPSA) is 95.9 Å². The molecular formula is C14H20N2O5. The smallest absolute Gasteiger partial charge is 0.326 e. The average Bonchev–Trinajstić information content (AvgIpc) is 3.25. The number of urea groups is 1. The summed E-state index contributed by atoms with van der Waals surface area (Å²) < 4.78 is 4.45. The molecule has 1 aliphatic carbocycles. The number of hydrogen-bond acceptors (Lipinski definition) is 4. The Morgan fingerprint density at radius 1 is 1.48 bits per heavy atom. The fourth-order valence-electron chi connectivity index (χ4n) is 1.80. The molecule has 1 saturated carbocycles. The van der Waals surface area contributed by atoms with Crippen molar-refractivity contribution in [1.29, 1.82) is 0 Å². The van der Waals surface area contributed by atoms with Crippen LogP contribution in [0.1, 0.15) is 25.7 Å². The third-order valence-corrected chi connectivity index (χ3v) is 3.21. The molecule has 7 heteroatoms. The second kappa shape index (κ2) is 8.15. The van der Waals surface area contributed by atoms with Crippen LogP contribution in [0.3, 0.4) is 0 Å². The standard InChI is InChI=1S/C14H20N2O5/c1-3-8-16(9-10-4-5-10)14(20)15-11(13(18)19)6-7-12(17)21-2/h1,10-11H,4-9H2,2H3,(H,15,20)(H,18,19)/t11-/m1/s1. The first kappa shape index (κ1) is 16.8. The number of aliphatic carboxylic acids is 1. The summed E-state index contributed by atoms with van der Waals surface area (Å²) in [5.41, 5.74) is 0. The third-order valence-electron chi connectivity index (χ3n) is 3.21. The van der Waals surface area contributed by atoms with Gasteiger partial charge in [-0.05, 0) is 25.2 Å². The predicted octanol–water partition coefficient (Wildman–Crippen LogP) is 0.448. The van der Waals surface area contributed by atoms with Crippen molar-refractivity contribution in [3.8, 4) is 12.3 Å². The van der Waals surface area contributed by atoms with Crippen molar-refractivity contribution in [2.45, 2.75) is 31.7 Å². The Labute approximate surface area is 123 Å². The van der Waals surface area contributed by atoms with Crippen LogP contribution in [0, 0.1) is 18.3 Å². The van der Waals surface area contributed by atoms with Gasteiger partial charge in [-0.15, -0.1) is 6.42 Å². The van der Waals surface area contributed by atoms with E-state index in [-0.39, 0.29) is 19.4 Å². The quantitative estimate of drug-likeness (QED) is 0.501. The number of amides is 2. The van der Waals surface area contributed by atoms with E-state index >= 15 is 0 Å². The molecule has 1 atom stereocenters. The van der Waals surface area contributed by atoms with E-state index in [0.29, 0.717) is 12.5 Å². The number of rotatable bonds is 8. The van der Waals surface area contributed by atoms with Crippen molar-refractivity contribution in [3.05, 3.63) is 0 Å². The Kier molecular flexibility index (Phi) is 6.53. The van der Waals surface area contributed by atoms with Crippen molar-refractivity contribution >= 4 is 18.0 Å². The molecule has 0 spiro atoms. The number of nitrogens with one attached hydrogen (secondary N) is 1. The molecule has 0 aromatic heterocycles. The maximum atomic E-state index is 12.1. The van der Waals surface area contributed by atoms with Gasteiger partial charge in [-0.3, -0.25) is 4.79 Å². The van der Waals surface area contributed by atoms with Crippen LogP contribution in [-0.2, 0) is 14.3 Å². The summed E-state index contributed by atoms with van der Waals surface area (Å²) in [4.78, 5) is 35.7. The van der Waals surface area contributed by atoms with Gasteiger partial charge in [0.05, 0.1) is 13.7 Å². The molecule has 1 aliphatic rings. The van der Waals surface area contributed by atoms with E-state index in [1.807, 2.05) is 0 Å². The molecule has 0 aromatic carbocycles. The molecule has 0 aliphatic heterocycles. The minimum atomic E-state index is -1.20. The highest BCUT2D eigenvalue weighted by atomic mass is 16.5. The van der Waals surface area contributed by atoms with Gasteiger partial charge in [-0.25, -0.2) is 9.59 Å². The number of carbonyl (C=O) groups is 3. The molecule has 1 fully saturated rings. The summed E-state index contributed by atoms with van der Waals surface area (Å²) in [6.45, 7) is 0.658. The lowest BCUT2D eigenvalue weighted by Gasteiger charge is -2.23. The van der Waals surface area contributed by atoms with Gasteiger partial charge in [0, 0.05) is 13.0 Å². The van der Waals surface area contributed by atoms with Crippen molar-refractivity contribution in [3.63, 3.8) is 0 Å². The second-order valence-electron chi connectivity index (χ2n) is 4.98. The maximum Gasteiger partial charge on any atom is 0.326 e. The van der Waals surface area contributed by atoms with Crippen LogP contribution in [0.2, 0.25) is 0 Å². The lowest BCUT2D eigenvalue weighted by Crippen LogP contribution is -2.48. The van der Waals surface area contributed by atoms with Gasteiger partial charge in [0.25, 0.3) is 0 Å². The number of carboxylic acids is 1. The molecule has 0 radical (unpaired) electrons. The minimum Gasteiger partial charge on any atom is -0.480 e. The summed E-state index contributed by atoms with van der Waals surface area (Å²) in [6, 6.07) is -1.66. The molecule has 0 unspecified atom stereocenters. The minimum absolute atomic E-state index is 0.0267. The zero-order chi connectivity index (χ0) is 15.8. The molecule has 0 aromatic rings. The van der Waals surface area contributed by atoms with Crippen LogP contribution >= 0.6 is 0 Å². The molecule has 2 N–H and O–H groups in total. The van der Waals surface area contributed by atoms with Gasteiger partial charge < -0.3 is 20.1 Å². The summed E-state index contributed by atoms with van der Waals surface area (Å²) in [5, 5.41) is 11.5. The van der Waals surface area contributed by atoms with Gasteiger partial charge in [-0.2, -0.15) is 0 Å². The number of carboxylic acid groups (broad SMARTS) is 1. The zero-order valence-electron chi connectivity index (χ0n) is 12.0. The Bertz CT molecular complexity index is 439. The number of esters is 1. The van der Waals surface area contributed by atoms with Gasteiger partial charge in [-0.1, -0.05) is 5.92 Å². The van der Waals surface area contributed by atoms with Crippen LogP contribution in [0.15, 0.2) is 0 Å². The van der Waals surface area contributed by atoms with Crippen LogP contribution in [-0.4, -0.2) is 54.2 Å². The fourth-order valence-corrected chi connectivity index (χ4v) is 1.80. The van der Waals surface area contributed by atoms with Crippen LogP contribution in [0.4, 0.5) is 4.79 Å². The second-order valence-corrected chi connectivity index (χ2v) is 4.98. The maximum absolute atomic E-state index is 12.1. The van der Waals surface area contributed by atoms with Crippen molar-refractivity contribution in [2.75, 3.05) is 20.2 Å². The highest BCUT2D eigenvalue weighted by Crippen LogP contribution is 2.29. The summed E-state index contributed by atoms with van der Waals surface area (Å²) in [6.07, 6.45) is 7.23. The number of terminal acetylenes is 1. The van der Waals surface area contributed by atoms with Crippen molar-refractivity contribution < 1.29 is 24.2 Å². The van der Waals surface area contributed by atoms with E-state index in [1.54, 1.807) is 0 Å². The van der Waals surface area contributed by atoms with E-state index in [1.165, 1.54) is 12.0 Å². The molecule has 21 heavy (non-hydrogen) atoms. The number of ether oxygens (including phenoxy) is 1. The van der Waals surface area contributed by atoms with Crippen LogP contribution < -0.4 is 5.32 Å².